The molecule has 0 saturated carbocycles. The Morgan fingerprint density at radius 2 is 2.25 bits per heavy atom. The van der Waals surface area contributed by atoms with E-state index in [2.05, 4.69) is 38.1 Å². The van der Waals surface area contributed by atoms with Gasteiger partial charge in [-0.25, -0.2) is 0 Å². The van der Waals surface area contributed by atoms with Gasteiger partial charge in [0.25, 0.3) is 0 Å². The summed E-state index contributed by atoms with van der Waals surface area (Å²) in [5, 5.41) is 6.23. The highest BCUT2D eigenvalue weighted by molar-refractivity contribution is 14.1. The first-order valence-corrected chi connectivity index (χ1v) is 8.18. The molecular formula is C15H22IN3O. The van der Waals surface area contributed by atoms with E-state index in [-0.39, 0.29) is 5.91 Å². The van der Waals surface area contributed by atoms with Crippen LogP contribution in [0.1, 0.15) is 12.8 Å². The predicted molar refractivity (Wildman–Crippen MR) is 90.9 cm³/mol. The summed E-state index contributed by atoms with van der Waals surface area (Å²) >= 11 is 2.24. The molecule has 1 fully saturated rings. The predicted octanol–water partition coefficient (Wildman–Crippen LogP) is 2.16. The molecule has 1 atom stereocenters. The molecule has 0 radical (unpaired) electrons. The van der Waals surface area contributed by atoms with Crippen LogP contribution in [0.2, 0.25) is 0 Å². The Hall–Kier alpha value is -0.660. The van der Waals surface area contributed by atoms with Crippen molar-refractivity contribution < 1.29 is 4.79 Å². The van der Waals surface area contributed by atoms with Crippen LogP contribution in [0.15, 0.2) is 24.3 Å². The summed E-state index contributed by atoms with van der Waals surface area (Å²) in [6.45, 7) is 3.57. The molecule has 2 N–H and O–H groups in total. The van der Waals surface area contributed by atoms with Gasteiger partial charge in [0.05, 0.1) is 12.2 Å². The number of benzene rings is 1. The highest BCUT2D eigenvalue weighted by Gasteiger charge is 2.21. The maximum absolute atomic E-state index is 12.1. The maximum Gasteiger partial charge on any atom is 0.238 e. The monoisotopic (exact) mass is 387 g/mol. The summed E-state index contributed by atoms with van der Waals surface area (Å²) in [5.41, 5.74) is 0.905. The minimum Gasteiger partial charge on any atom is -0.324 e. The number of para-hydroxylation sites is 1. The van der Waals surface area contributed by atoms with Gasteiger partial charge in [-0.3, -0.25) is 9.69 Å². The van der Waals surface area contributed by atoms with Crippen molar-refractivity contribution in [2.45, 2.75) is 12.8 Å². The lowest BCUT2D eigenvalue weighted by atomic mass is 9.98. The molecule has 1 saturated heterocycles. The third-order valence-electron chi connectivity index (χ3n) is 3.61. The Bertz CT molecular complexity index is 450. The molecule has 110 valence electrons. The number of rotatable bonds is 5. The van der Waals surface area contributed by atoms with Crippen LogP contribution in [0.3, 0.4) is 0 Å². The highest BCUT2D eigenvalue weighted by atomic mass is 127. The zero-order valence-electron chi connectivity index (χ0n) is 11.9. The fraction of sp³-hybridized carbons (Fsp3) is 0.533. The van der Waals surface area contributed by atoms with E-state index in [1.165, 1.54) is 12.8 Å². The Labute approximate surface area is 134 Å². The second-order valence-electron chi connectivity index (χ2n) is 5.33. The van der Waals surface area contributed by atoms with E-state index in [1.807, 2.05) is 31.3 Å². The molecule has 1 aromatic carbocycles. The number of likely N-dealkylation sites (tertiary alicyclic amines) is 1. The highest BCUT2D eigenvalue weighted by Crippen LogP contribution is 2.18. The Morgan fingerprint density at radius 3 is 3.00 bits per heavy atom. The number of anilines is 1. The molecular weight excluding hydrogens is 365 g/mol. The smallest absolute Gasteiger partial charge is 0.238 e. The SMILES string of the molecule is CNCC1CCCN(CC(=O)Nc2ccccc2I)C1. The number of hydrogen-bond acceptors (Lipinski definition) is 3. The fourth-order valence-corrected chi connectivity index (χ4v) is 3.23. The van der Waals surface area contributed by atoms with Gasteiger partial charge in [-0.1, -0.05) is 12.1 Å². The number of hydrogen-bond donors (Lipinski definition) is 2. The number of amides is 1. The van der Waals surface area contributed by atoms with Crippen LogP contribution in [-0.2, 0) is 4.79 Å². The third-order valence-corrected chi connectivity index (χ3v) is 4.55. The number of nitrogens with one attached hydrogen (secondary N) is 2. The van der Waals surface area contributed by atoms with E-state index >= 15 is 0 Å². The van der Waals surface area contributed by atoms with Gasteiger partial charge in [-0.05, 0) is 73.6 Å². The largest absolute Gasteiger partial charge is 0.324 e. The number of carbonyl (C=O) groups excluding carboxylic acids is 1. The van der Waals surface area contributed by atoms with Gasteiger partial charge in [0.2, 0.25) is 5.91 Å². The van der Waals surface area contributed by atoms with Gasteiger partial charge in [-0.15, -0.1) is 0 Å². The van der Waals surface area contributed by atoms with Crippen molar-refractivity contribution in [2.75, 3.05) is 38.5 Å². The van der Waals surface area contributed by atoms with Crippen molar-refractivity contribution in [3.05, 3.63) is 27.8 Å². The second kappa shape index (κ2) is 7.95. The van der Waals surface area contributed by atoms with Crippen LogP contribution in [0.5, 0.6) is 0 Å². The standard InChI is InChI=1S/C15H22IN3O/c1-17-9-12-5-4-8-19(10-12)11-15(20)18-14-7-3-2-6-13(14)16/h2-3,6-7,12,17H,4-5,8-11H2,1H3,(H,18,20). The topological polar surface area (TPSA) is 44.4 Å². The number of carbonyl (C=O) groups is 1. The second-order valence-corrected chi connectivity index (χ2v) is 6.49. The molecule has 1 aromatic rings. The van der Waals surface area contributed by atoms with Gasteiger partial charge >= 0.3 is 0 Å². The maximum atomic E-state index is 12.1. The quantitative estimate of drug-likeness (QED) is 0.762. The molecule has 1 aliphatic heterocycles. The van der Waals surface area contributed by atoms with Crippen LogP contribution in [0.4, 0.5) is 5.69 Å². The van der Waals surface area contributed by atoms with E-state index in [4.69, 9.17) is 0 Å². The summed E-state index contributed by atoms with van der Waals surface area (Å²) in [4.78, 5) is 14.4. The molecule has 0 bridgehead atoms. The molecule has 5 heteroatoms. The van der Waals surface area contributed by atoms with Crippen molar-refractivity contribution in [2.24, 2.45) is 5.92 Å². The van der Waals surface area contributed by atoms with Crippen molar-refractivity contribution in [3.8, 4) is 0 Å². The van der Waals surface area contributed by atoms with Crippen molar-refractivity contribution in [1.29, 1.82) is 0 Å². The van der Waals surface area contributed by atoms with Crippen molar-refractivity contribution in [1.82, 2.24) is 10.2 Å². The zero-order valence-corrected chi connectivity index (χ0v) is 14.0. The normalized spacial score (nSPS) is 19.8. The molecule has 2 rings (SSSR count). The van der Waals surface area contributed by atoms with Gasteiger partial charge in [-0.2, -0.15) is 0 Å². The lowest BCUT2D eigenvalue weighted by molar-refractivity contribution is -0.117. The molecule has 20 heavy (non-hydrogen) atoms. The average molecular weight is 387 g/mol. The lowest BCUT2D eigenvalue weighted by Crippen LogP contribution is -2.42. The molecule has 0 spiro atoms. The molecule has 1 aliphatic rings. The first kappa shape index (κ1) is 15.7. The number of halogens is 1. The zero-order chi connectivity index (χ0) is 14.4. The van der Waals surface area contributed by atoms with E-state index in [0.29, 0.717) is 12.5 Å². The van der Waals surface area contributed by atoms with Gasteiger partial charge < -0.3 is 10.6 Å². The van der Waals surface area contributed by atoms with Crippen molar-refractivity contribution >= 4 is 34.2 Å². The van der Waals surface area contributed by atoms with Crippen molar-refractivity contribution in [3.63, 3.8) is 0 Å². The number of nitrogens with zero attached hydrogens (tertiary/aromatic N) is 1. The van der Waals surface area contributed by atoms with E-state index in [0.717, 1.165) is 28.9 Å². The Morgan fingerprint density at radius 1 is 1.45 bits per heavy atom. The number of piperidine rings is 1. The fourth-order valence-electron chi connectivity index (χ4n) is 2.71. The summed E-state index contributed by atoms with van der Waals surface area (Å²) in [7, 11) is 1.99. The van der Waals surface area contributed by atoms with Crippen LogP contribution >= 0.6 is 22.6 Å². The Balaban J connectivity index is 1.84. The van der Waals surface area contributed by atoms with Gasteiger partial charge in [0.15, 0.2) is 0 Å². The van der Waals surface area contributed by atoms with Crippen LogP contribution in [-0.4, -0.2) is 44.0 Å². The first-order chi connectivity index (χ1) is 9.69. The van der Waals surface area contributed by atoms with E-state index in [9.17, 15) is 4.79 Å². The minimum atomic E-state index is 0.0826. The summed E-state index contributed by atoms with van der Waals surface area (Å²) in [6, 6.07) is 7.87. The third kappa shape index (κ3) is 4.71. The van der Waals surface area contributed by atoms with Gasteiger partial charge in [0, 0.05) is 10.1 Å². The molecule has 0 aliphatic carbocycles. The average Bonchev–Trinajstić information content (AvgIpc) is 2.42. The molecule has 1 amide bonds. The van der Waals surface area contributed by atoms with E-state index < -0.39 is 0 Å². The summed E-state index contributed by atoms with van der Waals surface area (Å²) in [6.07, 6.45) is 2.44. The van der Waals surface area contributed by atoms with Gasteiger partial charge in [0.1, 0.15) is 0 Å². The minimum absolute atomic E-state index is 0.0826. The van der Waals surface area contributed by atoms with Crippen LogP contribution < -0.4 is 10.6 Å². The summed E-state index contributed by atoms with van der Waals surface area (Å²) in [5.74, 6) is 0.748. The lowest BCUT2D eigenvalue weighted by Gasteiger charge is -2.32. The Kier molecular flexibility index (Phi) is 6.25. The molecule has 1 unspecified atom stereocenters. The van der Waals surface area contributed by atoms with Crippen LogP contribution in [0.25, 0.3) is 0 Å². The van der Waals surface area contributed by atoms with E-state index in [1.54, 1.807) is 0 Å². The molecule has 0 aromatic heterocycles. The molecule has 4 nitrogen and oxygen atoms in total. The first-order valence-electron chi connectivity index (χ1n) is 7.10. The summed E-state index contributed by atoms with van der Waals surface area (Å²) < 4.78 is 1.07. The molecule has 1 heterocycles. The van der Waals surface area contributed by atoms with Crippen LogP contribution in [0, 0.1) is 9.49 Å².